The number of azide groups is 1. The van der Waals surface area contributed by atoms with Crippen molar-refractivity contribution in [3.05, 3.63) is 46.3 Å². The van der Waals surface area contributed by atoms with Crippen LogP contribution in [-0.2, 0) is 25.6 Å². The van der Waals surface area contributed by atoms with Gasteiger partial charge in [-0.25, -0.2) is 0 Å². The van der Waals surface area contributed by atoms with Crippen LogP contribution in [0.25, 0.3) is 10.4 Å². The summed E-state index contributed by atoms with van der Waals surface area (Å²) in [5.74, 6) is -0.833. The molecule has 142 valence electrons. The molecule has 2 fully saturated rings. The number of benzene rings is 1. The average molecular weight is 365 g/mol. The smallest absolute Gasteiger partial charge is 0.190 e. The van der Waals surface area contributed by atoms with Gasteiger partial charge in [0, 0.05) is 4.91 Å². The van der Waals surface area contributed by atoms with Crippen LogP contribution in [0.2, 0.25) is 0 Å². The summed E-state index contributed by atoms with van der Waals surface area (Å²) in [6, 6.07) is 8.50. The molecule has 2 saturated heterocycles. The van der Waals surface area contributed by atoms with E-state index in [1.165, 1.54) is 0 Å². The topological polar surface area (TPSA) is 126 Å². The SMILES string of the molecule is CC1(C)O[C@H]2O[C@H]([C@H](O)[C@H](CO)N=[N+]=[N-])[C@H](OCc3ccccc3)[C@H]2O1. The lowest BCUT2D eigenvalue weighted by Gasteiger charge is -2.30. The number of hydrogen-bond acceptors (Lipinski definition) is 7. The Morgan fingerprint density at radius 2 is 2.04 bits per heavy atom. The third kappa shape index (κ3) is 3.99. The highest BCUT2D eigenvalue weighted by molar-refractivity contribution is 5.13. The molecule has 0 aromatic heterocycles. The summed E-state index contributed by atoms with van der Waals surface area (Å²) in [6.07, 6.45) is -4.04. The van der Waals surface area contributed by atoms with Crippen molar-refractivity contribution < 1.29 is 29.2 Å². The van der Waals surface area contributed by atoms with Gasteiger partial charge in [-0.05, 0) is 24.9 Å². The Hall–Kier alpha value is -1.71. The van der Waals surface area contributed by atoms with Gasteiger partial charge in [-0.15, -0.1) is 0 Å². The van der Waals surface area contributed by atoms with E-state index in [4.69, 9.17) is 24.5 Å². The molecule has 26 heavy (non-hydrogen) atoms. The minimum Gasteiger partial charge on any atom is -0.396 e. The van der Waals surface area contributed by atoms with Crippen molar-refractivity contribution in [3.63, 3.8) is 0 Å². The molecular weight excluding hydrogens is 342 g/mol. The highest BCUT2D eigenvalue weighted by Crippen LogP contribution is 2.40. The summed E-state index contributed by atoms with van der Waals surface area (Å²) in [4.78, 5) is 2.66. The van der Waals surface area contributed by atoms with Crippen LogP contribution < -0.4 is 0 Å². The predicted molar refractivity (Wildman–Crippen MR) is 89.7 cm³/mol. The largest absolute Gasteiger partial charge is 0.396 e. The lowest BCUT2D eigenvalue weighted by atomic mass is 10.0. The number of hydrogen-bond donors (Lipinski definition) is 2. The second-order valence-electron chi connectivity index (χ2n) is 6.78. The zero-order valence-corrected chi connectivity index (χ0v) is 14.6. The number of nitrogens with zero attached hydrogens (tertiary/aromatic N) is 3. The Morgan fingerprint density at radius 1 is 1.31 bits per heavy atom. The van der Waals surface area contributed by atoms with Gasteiger partial charge in [0.2, 0.25) is 0 Å². The average Bonchev–Trinajstić information content (AvgIpc) is 3.10. The predicted octanol–water partition coefficient (Wildman–Crippen LogP) is 1.48. The standard InChI is InChI=1S/C17H23N3O6/c1-17(2)25-15-14(23-9-10-6-4-3-5-7-10)13(24-16(15)26-17)12(22)11(8-21)19-20-18/h3-7,11-16,21-22H,8-9H2,1-2H3/t11-,12+,13+,14-,15+,16+/m0/s1. The molecular formula is C17H23N3O6. The fourth-order valence-corrected chi connectivity index (χ4v) is 3.23. The zero-order valence-electron chi connectivity index (χ0n) is 14.6. The van der Waals surface area contributed by atoms with Gasteiger partial charge in [-0.3, -0.25) is 0 Å². The van der Waals surface area contributed by atoms with Crippen molar-refractivity contribution in [2.24, 2.45) is 5.11 Å². The second-order valence-corrected chi connectivity index (χ2v) is 6.78. The van der Waals surface area contributed by atoms with E-state index in [0.717, 1.165) is 5.56 Å². The molecule has 6 atom stereocenters. The van der Waals surface area contributed by atoms with E-state index in [-0.39, 0.29) is 6.61 Å². The molecule has 0 unspecified atom stereocenters. The van der Waals surface area contributed by atoms with Gasteiger partial charge in [0.05, 0.1) is 25.4 Å². The maximum absolute atomic E-state index is 10.6. The maximum atomic E-state index is 10.6. The number of ether oxygens (including phenoxy) is 4. The molecule has 0 amide bonds. The lowest BCUT2D eigenvalue weighted by Crippen LogP contribution is -2.47. The number of fused-ring (bicyclic) bond motifs is 1. The Balaban J connectivity index is 1.77. The van der Waals surface area contributed by atoms with Gasteiger partial charge in [-0.1, -0.05) is 35.4 Å². The van der Waals surface area contributed by atoms with Gasteiger partial charge in [0.15, 0.2) is 12.1 Å². The molecule has 1 aromatic rings. The summed E-state index contributed by atoms with van der Waals surface area (Å²) >= 11 is 0. The molecule has 2 heterocycles. The fraction of sp³-hybridized carbons (Fsp3) is 0.647. The molecule has 0 aliphatic carbocycles. The Bertz CT molecular complexity index is 651. The van der Waals surface area contributed by atoms with E-state index in [1.807, 2.05) is 30.3 Å². The monoisotopic (exact) mass is 365 g/mol. The van der Waals surface area contributed by atoms with Crippen molar-refractivity contribution in [1.29, 1.82) is 0 Å². The summed E-state index contributed by atoms with van der Waals surface area (Å²) < 4.78 is 23.4. The van der Waals surface area contributed by atoms with Crippen molar-refractivity contribution in [3.8, 4) is 0 Å². The quantitative estimate of drug-likeness (QED) is 0.428. The molecule has 3 rings (SSSR count). The van der Waals surface area contributed by atoms with Crippen LogP contribution in [0, 0.1) is 0 Å². The third-order valence-electron chi connectivity index (χ3n) is 4.43. The van der Waals surface area contributed by atoms with Crippen molar-refractivity contribution in [2.45, 2.75) is 63.0 Å². The normalized spacial score (nSPS) is 31.8. The van der Waals surface area contributed by atoms with Crippen LogP contribution in [0.4, 0.5) is 0 Å². The molecule has 2 aliphatic rings. The minimum atomic E-state index is -1.27. The molecule has 9 nitrogen and oxygen atoms in total. The van der Waals surface area contributed by atoms with Crippen LogP contribution in [0.3, 0.4) is 0 Å². The molecule has 0 radical (unpaired) electrons. The summed E-state index contributed by atoms with van der Waals surface area (Å²) in [5, 5.41) is 23.4. The van der Waals surface area contributed by atoms with Gasteiger partial charge >= 0.3 is 0 Å². The summed E-state index contributed by atoms with van der Waals surface area (Å²) in [5.41, 5.74) is 9.58. The van der Waals surface area contributed by atoms with Gasteiger partial charge < -0.3 is 29.2 Å². The molecule has 1 aromatic carbocycles. The minimum absolute atomic E-state index is 0.288. The summed E-state index contributed by atoms with van der Waals surface area (Å²) in [6.45, 7) is 3.31. The molecule has 0 bridgehead atoms. The number of aliphatic hydroxyl groups is 2. The van der Waals surface area contributed by atoms with E-state index in [2.05, 4.69) is 10.0 Å². The van der Waals surface area contributed by atoms with Gasteiger partial charge in [-0.2, -0.15) is 0 Å². The van der Waals surface area contributed by atoms with E-state index >= 15 is 0 Å². The summed E-state index contributed by atoms with van der Waals surface area (Å²) in [7, 11) is 0. The lowest BCUT2D eigenvalue weighted by molar-refractivity contribution is -0.232. The van der Waals surface area contributed by atoms with E-state index in [1.54, 1.807) is 13.8 Å². The Morgan fingerprint density at radius 3 is 2.69 bits per heavy atom. The first-order valence-electron chi connectivity index (χ1n) is 8.45. The highest BCUT2D eigenvalue weighted by Gasteiger charge is 2.57. The zero-order chi connectivity index (χ0) is 18.7. The van der Waals surface area contributed by atoms with E-state index < -0.39 is 49.1 Å². The van der Waals surface area contributed by atoms with Crippen LogP contribution in [-0.4, -0.2) is 59.4 Å². The van der Waals surface area contributed by atoms with Gasteiger partial charge in [0.25, 0.3) is 0 Å². The third-order valence-corrected chi connectivity index (χ3v) is 4.43. The molecule has 2 aliphatic heterocycles. The first-order chi connectivity index (χ1) is 12.4. The van der Waals surface area contributed by atoms with E-state index in [0.29, 0.717) is 0 Å². The van der Waals surface area contributed by atoms with Crippen molar-refractivity contribution in [1.82, 2.24) is 0 Å². The van der Waals surface area contributed by atoms with Crippen molar-refractivity contribution >= 4 is 0 Å². The van der Waals surface area contributed by atoms with E-state index in [9.17, 15) is 10.2 Å². The molecule has 9 heteroatoms. The Labute approximate surface area is 151 Å². The van der Waals surface area contributed by atoms with Crippen molar-refractivity contribution in [2.75, 3.05) is 6.61 Å². The van der Waals surface area contributed by atoms with Crippen LogP contribution in [0.5, 0.6) is 0 Å². The molecule has 0 saturated carbocycles. The first kappa shape index (κ1) is 19.1. The highest BCUT2D eigenvalue weighted by atomic mass is 16.8. The second kappa shape index (κ2) is 7.89. The first-order valence-corrected chi connectivity index (χ1v) is 8.45. The maximum Gasteiger partial charge on any atom is 0.190 e. The molecule has 0 spiro atoms. The van der Waals surface area contributed by atoms with Crippen LogP contribution in [0.15, 0.2) is 35.4 Å². The number of rotatable bonds is 7. The Kier molecular flexibility index (Phi) is 5.79. The molecule has 2 N–H and O–H groups in total. The van der Waals surface area contributed by atoms with Gasteiger partial charge in [0.1, 0.15) is 18.3 Å². The van der Waals surface area contributed by atoms with Crippen LogP contribution >= 0.6 is 0 Å². The fourth-order valence-electron chi connectivity index (χ4n) is 3.23. The number of aliphatic hydroxyl groups excluding tert-OH is 2. The van der Waals surface area contributed by atoms with Crippen LogP contribution in [0.1, 0.15) is 19.4 Å².